The fourth-order valence-electron chi connectivity index (χ4n) is 2.13. The number of nitrogens with zero attached hydrogens (tertiary/aromatic N) is 2. The number of carboxylic acid groups (broad SMARTS) is 1. The Morgan fingerprint density at radius 2 is 2.10 bits per heavy atom. The number of carbonyl (C=O) groups excluding carboxylic acids is 1. The van der Waals surface area contributed by atoms with Crippen LogP contribution in [0, 0.1) is 11.8 Å². The summed E-state index contributed by atoms with van der Waals surface area (Å²) in [7, 11) is 1.78. The van der Waals surface area contributed by atoms with Crippen LogP contribution < -0.4 is 10.6 Å². The summed E-state index contributed by atoms with van der Waals surface area (Å²) in [5, 5.41) is 18.2. The van der Waals surface area contributed by atoms with E-state index in [-0.39, 0.29) is 18.4 Å². The van der Waals surface area contributed by atoms with Gasteiger partial charge >= 0.3 is 12.0 Å². The molecule has 0 spiro atoms. The molecule has 0 aliphatic heterocycles. The molecule has 1 heterocycles. The maximum atomic E-state index is 11.7. The molecule has 7 heteroatoms. The third-order valence-corrected chi connectivity index (χ3v) is 3.43. The van der Waals surface area contributed by atoms with Gasteiger partial charge in [0, 0.05) is 32.3 Å². The van der Waals surface area contributed by atoms with Crippen molar-refractivity contribution in [2.24, 2.45) is 18.9 Å². The van der Waals surface area contributed by atoms with Gasteiger partial charge in [-0.05, 0) is 24.7 Å². The lowest BCUT2D eigenvalue weighted by Gasteiger charge is -2.20. The van der Waals surface area contributed by atoms with Crippen molar-refractivity contribution in [2.75, 3.05) is 11.9 Å². The van der Waals surface area contributed by atoms with Crippen molar-refractivity contribution >= 4 is 17.8 Å². The second-order valence-corrected chi connectivity index (χ2v) is 5.48. The Balaban J connectivity index is 2.29. The van der Waals surface area contributed by atoms with Crippen LogP contribution in [0.3, 0.4) is 0 Å². The van der Waals surface area contributed by atoms with E-state index in [0.717, 1.165) is 6.42 Å². The molecule has 2 amide bonds. The predicted molar refractivity (Wildman–Crippen MR) is 80.0 cm³/mol. The van der Waals surface area contributed by atoms with Crippen molar-refractivity contribution in [3.8, 4) is 0 Å². The number of anilines is 1. The van der Waals surface area contributed by atoms with Gasteiger partial charge in [-0.3, -0.25) is 14.8 Å². The smallest absolute Gasteiger partial charge is 0.320 e. The SMILES string of the molecule is CC(C)C(CCNC(=O)Nc1ccn(C)n1)CCC(=O)O. The lowest BCUT2D eigenvalue weighted by Crippen LogP contribution is -2.31. The molecule has 1 rings (SSSR count). The first-order valence-electron chi connectivity index (χ1n) is 7.14. The standard InChI is InChI=1S/C14H24N4O3/c1-10(2)11(4-5-13(19)20)6-8-15-14(21)16-12-7-9-18(3)17-12/h7,9-11H,4-6,8H2,1-3H3,(H,19,20)(H2,15,16,17,21). The summed E-state index contributed by atoms with van der Waals surface area (Å²) in [5.41, 5.74) is 0. The van der Waals surface area contributed by atoms with Crippen LogP contribution in [0.5, 0.6) is 0 Å². The number of carboxylic acids is 1. The normalized spacial score (nSPS) is 12.2. The molecule has 1 aromatic rings. The molecular weight excluding hydrogens is 272 g/mol. The number of nitrogens with one attached hydrogen (secondary N) is 2. The van der Waals surface area contributed by atoms with Gasteiger partial charge in [0.2, 0.25) is 0 Å². The van der Waals surface area contributed by atoms with Gasteiger partial charge in [-0.15, -0.1) is 0 Å². The molecule has 7 nitrogen and oxygen atoms in total. The van der Waals surface area contributed by atoms with E-state index in [1.54, 1.807) is 24.0 Å². The van der Waals surface area contributed by atoms with E-state index in [0.29, 0.717) is 24.7 Å². The van der Waals surface area contributed by atoms with E-state index in [9.17, 15) is 9.59 Å². The molecule has 0 aliphatic carbocycles. The largest absolute Gasteiger partial charge is 0.481 e. The van der Waals surface area contributed by atoms with Gasteiger partial charge in [0.05, 0.1) is 0 Å². The highest BCUT2D eigenvalue weighted by atomic mass is 16.4. The minimum absolute atomic E-state index is 0.170. The van der Waals surface area contributed by atoms with E-state index in [2.05, 4.69) is 29.6 Å². The number of hydrogen-bond acceptors (Lipinski definition) is 3. The Bertz CT molecular complexity index is 471. The van der Waals surface area contributed by atoms with E-state index in [4.69, 9.17) is 5.11 Å². The zero-order valence-electron chi connectivity index (χ0n) is 12.8. The average Bonchev–Trinajstić information content (AvgIpc) is 2.78. The zero-order valence-corrected chi connectivity index (χ0v) is 12.8. The minimum Gasteiger partial charge on any atom is -0.481 e. The van der Waals surface area contributed by atoms with E-state index in [1.165, 1.54) is 0 Å². The predicted octanol–water partition coefficient (Wildman–Crippen LogP) is 2.07. The Hall–Kier alpha value is -2.05. The molecule has 0 radical (unpaired) electrons. The number of carbonyl (C=O) groups is 2. The van der Waals surface area contributed by atoms with E-state index < -0.39 is 5.97 Å². The van der Waals surface area contributed by atoms with Crippen molar-refractivity contribution in [3.63, 3.8) is 0 Å². The first-order valence-corrected chi connectivity index (χ1v) is 7.14. The van der Waals surface area contributed by atoms with Gasteiger partial charge < -0.3 is 10.4 Å². The maximum absolute atomic E-state index is 11.7. The zero-order chi connectivity index (χ0) is 15.8. The van der Waals surface area contributed by atoms with Crippen LogP contribution >= 0.6 is 0 Å². The number of hydrogen-bond donors (Lipinski definition) is 3. The van der Waals surface area contributed by atoms with Gasteiger partial charge in [-0.25, -0.2) is 4.79 Å². The molecule has 0 bridgehead atoms. The average molecular weight is 296 g/mol. The van der Waals surface area contributed by atoms with Crippen LogP contribution in [-0.2, 0) is 11.8 Å². The summed E-state index contributed by atoms with van der Waals surface area (Å²) in [6, 6.07) is 1.41. The van der Waals surface area contributed by atoms with Crippen LogP contribution in [0.4, 0.5) is 10.6 Å². The molecule has 21 heavy (non-hydrogen) atoms. The van der Waals surface area contributed by atoms with Gasteiger partial charge in [0.25, 0.3) is 0 Å². The number of aliphatic carboxylic acids is 1. The molecular formula is C14H24N4O3. The summed E-state index contributed by atoms with van der Waals surface area (Å²) in [4.78, 5) is 22.3. The highest BCUT2D eigenvalue weighted by Gasteiger charge is 2.15. The van der Waals surface area contributed by atoms with Crippen molar-refractivity contribution in [3.05, 3.63) is 12.3 Å². The molecule has 0 saturated carbocycles. The van der Waals surface area contributed by atoms with E-state index >= 15 is 0 Å². The minimum atomic E-state index is -0.776. The Kier molecular flexibility index (Phi) is 6.71. The van der Waals surface area contributed by atoms with E-state index in [1.807, 2.05) is 0 Å². The third kappa shape index (κ3) is 6.78. The van der Waals surface area contributed by atoms with Crippen LogP contribution in [0.25, 0.3) is 0 Å². The van der Waals surface area contributed by atoms with Crippen LogP contribution in [0.1, 0.15) is 33.1 Å². The lowest BCUT2D eigenvalue weighted by molar-refractivity contribution is -0.137. The van der Waals surface area contributed by atoms with Crippen LogP contribution in [0.2, 0.25) is 0 Å². The van der Waals surface area contributed by atoms with Crippen molar-refractivity contribution in [1.29, 1.82) is 0 Å². The summed E-state index contributed by atoms with van der Waals surface area (Å²) in [5.74, 6) is 0.407. The number of aryl methyl sites for hydroxylation is 1. The Morgan fingerprint density at radius 3 is 2.62 bits per heavy atom. The number of aromatic nitrogens is 2. The topological polar surface area (TPSA) is 96.3 Å². The number of rotatable bonds is 8. The first-order chi connectivity index (χ1) is 9.88. The molecule has 0 aliphatic rings. The van der Waals surface area contributed by atoms with Crippen LogP contribution in [0.15, 0.2) is 12.3 Å². The fraction of sp³-hybridized carbons (Fsp3) is 0.643. The first kappa shape index (κ1) is 17.0. The fourth-order valence-corrected chi connectivity index (χ4v) is 2.13. The lowest BCUT2D eigenvalue weighted by atomic mass is 9.88. The Morgan fingerprint density at radius 1 is 1.38 bits per heavy atom. The quantitative estimate of drug-likeness (QED) is 0.684. The number of amides is 2. The highest BCUT2D eigenvalue weighted by molar-refractivity contribution is 5.88. The maximum Gasteiger partial charge on any atom is 0.320 e. The van der Waals surface area contributed by atoms with Crippen molar-refractivity contribution in [2.45, 2.75) is 33.1 Å². The summed E-state index contributed by atoms with van der Waals surface area (Å²) >= 11 is 0. The number of urea groups is 1. The highest BCUT2D eigenvalue weighted by Crippen LogP contribution is 2.20. The van der Waals surface area contributed by atoms with Gasteiger partial charge in [0.15, 0.2) is 5.82 Å². The monoisotopic (exact) mass is 296 g/mol. The third-order valence-electron chi connectivity index (χ3n) is 3.43. The summed E-state index contributed by atoms with van der Waals surface area (Å²) in [6.07, 6.45) is 3.32. The Labute approximate surface area is 124 Å². The molecule has 3 N–H and O–H groups in total. The van der Waals surface area contributed by atoms with Crippen molar-refractivity contribution < 1.29 is 14.7 Å². The van der Waals surface area contributed by atoms with Crippen molar-refractivity contribution in [1.82, 2.24) is 15.1 Å². The second kappa shape index (κ2) is 8.28. The van der Waals surface area contributed by atoms with Gasteiger partial charge in [-0.1, -0.05) is 13.8 Å². The summed E-state index contributed by atoms with van der Waals surface area (Å²) < 4.78 is 1.61. The summed E-state index contributed by atoms with van der Waals surface area (Å²) in [6.45, 7) is 4.65. The molecule has 118 valence electrons. The molecule has 0 aromatic carbocycles. The molecule has 1 aromatic heterocycles. The second-order valence-electron chi connectivity index (χ2n) is 5.48. The molecule has 0 fully saturated rings. The molecule has 0 saturated heterocycles. The van der Waals surface area contributed by atoms with Gasteiger partial charge in [0.1, 0.15) is 0 Å². The molecule has 1 atom stereocenters. The molecule has 1 unspecified atom stereocenters. The van der Waals surface area contributed by atoms with Gasteiger partial charge in [-0.2, -0.15) is 5.10 Å². The van der Waals surface area contributed by atoms with Crippen LogP contribution in [-0.4, -0.2) is 33.4 Å².